The predicted molar refractivity (Wildman–Crippen MR) is 73.6 cm³/mol. The van der Waals surface area contributed by atoms with Crippen molar-refractivity contribution in [1.82, 2.24) is 10.0 Å². The quantitative estimate of drug-likeness (QED) is 0.849. The van der Waals surface area contributed by atoms with E-state index in [1.54, 1.807) is 6.07 Å². The molecule has 1 aliphatic carbocycles. The highest BCUT2D eigenvalue weighted by atomic mass is 32.2. The van der Waals surface area contributed by atoms with Crippen LogP contribution in [0.5, 0.6) is 0 Å². The van der Waals surface area contributed by atoms with Gasteiger partial charge in [-0.25, -0.2) is 13.1 Å². The number of alkyl halides is 3. The van der Waals surface area contributed by atoms with E-state index in [2.05, 4.69) is 5.32 Å². The molecule has 1 saturated carbocycles. The molecule has 0 aromatic heterocycles. The van der Waals surface area contributed by atoms with E-state index in [9.17, 15) is 26.4 Å². The molecule has 9 heteroatoms. The van der Waals surface area contributed by atoms with Gasteiger partial charge in [0.05, 0.1) is 5.56 Å². The normalized spacial score (nSPS) is 21.5. The van der Waals surface area contributed by atoms with Crippen molar-refractivity contribution in [2.45, 2.75) is 24.6 Å². The first-order chi connectivity index (χ1) is 10.1. The van der Waals surface area contributed by atoms with Crippen LogP contribution in [0.2, 0.25) is 0 Å². The number of hydrogen-bond acceptors (Lipinski definition) is 3. The molecule has 0 radical (unpaired) electrons. The van der Waals surface area contributed by atoms with Gasteiger partial charge < -0.3 is 5.32 Å². The van der Waals surface area contributed by atoms with Gasteiger partial charge in [0, 0.05) is 12.0 Å². The average molecular weight is 336 g/mol. The minimum Gasteiger partial charge on any atom is -0.352 e. The minimum atomic E-state index is -4.41. The van der Waals surface area contributed by atoms with Crippen molar-refractivity contribution in [3.63, 3.8) is 0 Å². The first kappa shape index (κ1) is 16.8. The summed E-state index contributed by atoms with van der Waals surface area (Å²) in [5.74, 6) is -1.59. The minimum absolute atomic E-state index is 0.219. The van der Waals surface area contributed by atoms with Crippen molar-refractivity contribution in [1.29, 1.82) is 0 Å². The fraction of sp³-hybridized carbons (Fsp3) is 0.462. The van der Waals surface area contributed by atoms with Gasteiger partial charge in [-0.1, -0.05) is 18.2 Å². The van der Waals surface area contributed by atoms with Crippen molar-refractivity contribution in [2.24, 2.45) is 0 Å². The first-order valence-electron chi connectivity index (χ1n) is 6.50. The van der Waals surface area contributed by atoms with Gasteiger partial charge in [-0.2, -0.15) is 13.2 Å². The van der Waals surface area contributed by atoms with Gasteiger partial charge in [-0.05, 0) is 25.1 Å². The van der Waals surface area contributed by atoms with E-state index in [1.165, 1.54) is 13.1 Å². The Kier molecular flexibility index (Phi) is 4.48. The number of hydrogen-bond donors (Lipinski definition) is 2. The smallest absolute Gasteiger partial charge is 0.352 e. The molecule has 0 spiro atoms. The van der Waals surface area contributed by atoms with Gasteiger partial charge in [0.1, 0.15) is 5.75 Å². The fourth-order valence-electron chi connectivity index (χ4n) is 2.16. The van der Waals surface area contributed by atoms with Crippen LogP contribution in [0.15, 0.2) is 24.3 Å². The Bertz CT molecular complexity index is 673. The van der Waals surface area contributed by atoms with Crippen LogP contribution >= 0.6 is 0 Å². The summed E-state index contributed by atoms with van der Waals surface area (Å²) in [5.41, 5.74) is -0.253. The summed E-state index contributed by atoms with van der Waals surface area (Å²) in [6.07, 6.45) is -3.92. The van der Waals surface area contributed by atoms with E-state index in [-0.39, 0.29) is 12.0 Å². The van der Waals surface area contributed by atoms with Crippen LogP contribution in [0.4, 0.5) is 13.2 Å². The molecule has 1 aliphatic rings. The Hall–Kier alpha value is -1.61. The third kappa shape index (κ3) is 4.20. The van der Waals surface area contributed by atoms with E-state index < -0.39 is 33.4 Å². The molecule has 0 aliphatic heterocycles. The number of sulfonamides is 1. The fourth-order valence-corrected chi connectivity index (χ4v) is 2.73. The SMILES string of the molecule is CNS(=O)(=O)CC(=O)N[C@H]1C[C@H]1c1cccc(C(F)(F)F)c1. The maximum Gasteiger partial charge on any atom is 0.416 e. The second-order valence-electron chi connectivity index (χ2n) is 5.10. The molecule has 22 heavy (non-hydrogen) atoms. The van der Waals surface area contributed by atoms with Crippen LogP contribution in [-0.2, 0) is 21.0 Å². The monoisotopic (exact) mass is 336 g/mol. The zero-order chi connectivity index (χ0) is 16.5. The molecule has 2 N–H and O–H groups in total. The molecule has 1 aromatic rings. The molecule has 1 amide bonds. The molecule has 0 saturated heterocycles. The lowest BCUT2D eigenvalue weighted by Gasteiger charge is -2.09. The molecule has 0 heterocycles. The van der Waals surface area contributed by atoms with Crippen LogP contribution in [0.25, 0.3) is 0 Å². The summed E-state index contributed by atoms with van der Waals surface area (Å²) in [4.78, 5) is 11.6. The van der Waals surface area contributed by atoms with Gasteiger partial charge in [-0.15, -0.1) is 0 Å². The van der Waals surface area contributed by atoms with Crippen LogP contribution in [0.1, 0.15) is 23.5 Å². The lowest BCUT2D eigenvalue weighted by molar-refractivity contribution is -0.137. The third-order valence-electron chi connectivity index (χ3n) is 3.41. The molecule has 122 valence electrons. The van der Waals surface area contributed by atoms with Crippen LogP contribution < -0.4 is 10.0 Å². The predicted octanol–water partition coefficient (Wildman–Crippen LogP) is 1.23. The number of rotatable bonds is 5. The van der Waals surface area contributed by atoms with Gasteiger partial charge in [-0.3, -0.25) is 4.79 Å². The Morgan fingerprint density at radius 3 is 2.64 bits per heavy atom. The molecule has 1 fully saturated rings. The highest BCUT2D eigenvalue weighted by Gasteiger charge is 2.41. The zero-order valence-electron chi connectivity index (χ0n) is 11.6. The average Bonchev–Trinajstić information content (AvgIpc) is 3.16. The van der Waals surface area contributed by atoms with E-state index in [0.29, 0.717) is 12.0 Å². The van der Waals surface area contributed by atoms with Gasteiger partial charge in [0.25, 0.3) is 0 Å². The molecule has 0 unspecified atom stereocenters. The molecule has 2 rings (SSSR count). The first-order valence-corrected chi connectivity index (χ1v) is 8.15. The summed E-state index contributed by atoms with van der Waals surface area (Å²) in [5, 5.41) is 2.51. The van der Waals surface area contributed by atoms with Crippen LogP contribution in [0.3, 0.4) is 0 Å². The molecular formula is C13H15F3N2O3S. The third-order valence-corrected chi connectivity index (χ3v) is 4.68. The highest BCUT2D eigenvalue weighted by molar-refractivity contribution is 7.90. The van der Waals surface area contributed by atoms with Gasteiger partial charge >= 0.3 is 6.18 Å². The van der Waals surface area contributed by atoms with E-state index in [0.717, 1.165) is 12.1 Å². The van der Waals surface area contributed by atoms with Crippen LogP contribution in [0, 0.1) is 0 Å². The van der Waals surface area contributed by atoms with E-state index in [4.69, 9.17) is 0 Å². The summed E-state index contributed by atoms with van der Waals surface area (Å²) < 4.78 is 62.4. The van der Waals surface area contributed by atoms with Gasteiger partial charge in [0.15, 0.2) is 0 Å². The Balaban J connectivity index is 1.97. The lowest BCUT2D eigenvalue weighted by atomic mass is 10.1. The summed E-state index contributed by atoms with van der Waals surface area (Å²) in [6.45, 7) is 0. The van der Waals surface area contributed by atoms with Crippen molar-refractivity contribution in [2.75, 3.05) is 12.8 Å². The molecule has 0 bridgehead atoms. The van der Waals surface area contributed by atoms with Crippen molar-refractivity contribution in [3.8, 4) is 0 Å². The largest absolute Gasteiger partial charge is 0.416 e. The zero-order valence-corrected chi connectivity index (χ0v) is 12.5. The maximum absolute atomic E-state index is 12.6. The number of amides is 1. The van der Waals surface area contributed by atoms with Crippen LogP contribution in [-0.4, -0.2) is 33.2 Å². The number of nitrogens with one attached hydrogen (secondary N) is 2. The Morgan fingerprint density at radius 2 is 2.05 bits per heavy atom. The van der Waals surface area contributed by atoms with E-state index >= 15 is 0 Å². The Morgan fingerprint density at radius 1 is 1.36 bits per heavy atom. The molecular weight excluding hydrogens is 321 g/mol. The second kappa shape index (κ2) is 5.88. The number of benzene rings is 1. The van der Waals surface area contributed by atoms with E-state index in [1.807, 2.05) is 4.72 Å². The molecule has 1 aromatic carbocycles. The Labute approximate surface area is 125 Å². The lowest BCUT2D eigenvalue weighted by Crippen LogP contribution is -2.36. The molecule has 2 atom stereocenters. The highest BCUT2D eigenvalue weighted by Crippen LogP contribution is 2.42. The molecule has 5 nitrogen and oxygen atoms in total. The second-order valence-corrected chi connectivity index (χ2v) is 7.03. The topological polar surface area (TPSA) is 75.3 Å². The number of carbonyl (C=O) groups excluding carboxylic acids is 1. The van der Waals surface area contributed by atoms with Crippen molar-refractivity contribution >= 4 is 15.9 Å². The number of carbonyl (C=O) groups is 1. The summed E-state index contributed by atoms with van der Waals surface area (Å²) in [7, 11) is -2.46. The number of halogens is 3. The van der Waals surface area contributed by atoms with Gasteiger partial charge in [0.2, 0.25) is 15.9 Å². The maximum atomic E-state index is 12.6. The summed E-state index contributed by atoms with van der Waals surface area (Å²) in [6, 6.07) is 4.60. The van der Waals surface area contributed by atoms with Crippen molar-refractivity contribution in [3.05, 3.63) is 35.4 Å². The summed E-state index contributed by atoms with van der Waals surface area (Å²) >= 11 is 0. The van der Waals surface area contributed by atoms with Crippen molar-refractivity contribution < 1.29 is 26.4 Å². The standard InChI is InChI=1S/C13H15F3N2O3S/c1-17-22(20,21)7-12(19)18-11-6-10(11)8-3-2-4-9(5-8)13(14,15)16/h2-5,10-11,17H,6-7H2,1H3,(H,18,19)/t10-,11-/m0/s1.